The Hall–Kier alpha value is -4.80. The zero-order valence-corrected chi connectivity index (χ0v) is 39.6. The van der Waals surface area contributed by atoms with E-state index in [0.717, 1.165) is 0 Å². The van der Waals surface area contributed by atoms with Gasteiger partial charge < -0.3 is 9.80 Å². The van der Waals surface area contributed by atoms with Crippen molar-refractivity contribution in [2.24, 2.45) is 0 Å². The Bertz CT molecular complexity index is 2810. The van der Waals surface area contributed by atoms with Gasteiger partial charge in [0.1, 0.15) is 0 Å². The van der Waals surface area contributed by atoms with Crippen LogP contribution in [-0.2, 0) is 27.1 Å². The third-order valence-corrected chi connectivity index (χ3v) is 14.4. The number of hydrogen-bond acceptors (Lipinski definition) is 3. The lowest BCUT2D eigenvalue weighted by atomic mass is 9.32. The lowest BCUT2D eigenvalue weighted by molar-refractivity contribution is 0.589. The summed E-state index contributed by atoms with van der Waals surface area (Å²) >= 11 is 1.97. The molecule has 0 radical (unpaired) electrons. The molecule has 0 bridgehead atoms. The van der Waals surface area contributed by atoms with Gasteiger partial charge in [0.05, 0.1) is 0 Å². The molecule has 0 N–H and O–H groups in total. The van der Waals surface area contributed by atoms with Crippen LogP contribution in [0.4, 0.5) is 34.1 Å². The van der Waals surface area contributed by atoms with Crippen molar-refractivity contribution in [2.45, 2.75) is 131 Å². The van der Waals surface area contributed by atoms with Crippen LogP contribution in [0.15, 0.2) is 109 Å². The predicted octanol–water partition coefficient (Wildman–Crippen LogP) is 14.6. The second kappa shape index (κ2) is 13.4. The molecule has 0 saturated carbocycles. The maximum absolute atomic E-state index is 2.64. The lowest BCUT2D eigenvalue weighted by Gasteiger charge is -2.46. The summed E-state index contributed by atoms with van der Waals surface area (Å²) in [6.07, 6.45) is 0. The van der Waals surface area contributed by atoms with Crippen LogP contribution in [0, 0.1) is 0 Å². The van der Waals surface area contributed by atoms with Gasteiger partial charge in [0, 0.05) is 43.5 Å². The summed E-state index contributed by atoms with van der Waals surface area (Å²) in [5, 5.41) is 2.76. The molecule has 7 aromatic rings. The van der Waals surface area contributed by atoms with Crippen molar-refractivity contribution in [1.82, 2.24) is 0 Å². The first-order valence-corrected chi connectivity index (χ1v) is 22.9. The fourth-order valence-corrected chi connectivity index (χ4v) is 11.1. The number of anilines is 6. The zero-order valence-electron chi connectivity index (χ0n) is 38.8. The molecule has 4 heteroatoms. The van der Waals surface area contributed by atoms with E-state index in [2.05, 4.69) is 223 Å². The minimum absolute atomic E-state index is 0.0194. The van der Waals surface area contributed by atoms with Crippen molar-refractivity contribution in [3.63, 3.8) is 0 Å². The quantitative estimate of drug-likeness (QED) is 0.161. The Labute approximate surface area is 364 Å². The molecule has 2 aliphatic rings. The van der Waals surface area contributed by atoms with Gasteiger partial charge in [-0.3, -0.25) is 0 Å². The average molecular weight is 807 g/mol. The molecule has 306 valence electrons. The van der Waals surface area contributed by atoms with E-state index in [1.807, 2.05) is 11.3 Å². The minimum Gasteiger partial charge on any atom is -0.311 e. The molecule has 2 nitrogen and oxygen atoms in total. The second-order valence-corrected chi connectivity index (χ2v) is 23.9. The van der Waals surface area contributed by atoms with Gasteiger partial charge >= 0.3 is 0 Å². The maximum Gasteiger partial charge on any atom is 0.253 e. The van der Waals surface area contributed by atoms with E-state index < -0.39 is 0 Å². The number of fused-ring (bicyclic) bond motifs is 8. The number of thiophene rings is 1. The summed E-state index contributed by atoms with van der Waals surface area (Å²) in [5.41, 5.74) is 18.4. The molecule has 0 aliphatic carbocycles. The second-order valence-electron chi connectivity index (χ2n) is 22.8. The van der Waals surface area contributed by atoms with Crippen molar-refractivity contribution in [2.75, 3.05) is 9.80 Å². The first kappa shape index (κ1) is 40.6. The van der Waals surface area contributed by atoms with Gasteiger partial charge in [-0.1, -0.05) is 158 Å². The number of rotatable bonds is 2. The van der Waals surface area contributed by atoms with Crippen molar-refractivity contribution < 1.29 is 0 Å². The fraction of sp³-hybridized carbons (Fsp3) is 0.357. The topological polar surface area (TPSA) is 6.48 Å². The third kappa shape index (κ3) is 6.51. The fourth-order valence-electron chi connectivity index (χ4n) is 9.61. The van der Waals surface area contributed by atoms with Crippen LogP contribution in [0.25, 0.3) is 20.2 Å². The summed E-state index contributed by atoms with van der Waals surface area (Å²) in [7, 11) is 0. The molecule has 0 spiro atoms. The highest BCUT2D eigenvalue weighted by Crippen LogP contribution is 2.50. The van der Waals surface area contributed by atoms with Crippen molar-refractivity contribution in [1.29, 1.82) is 0 Å². The molecule has 0 unspecified atom stereocenters. The van der Waals surface area contributed by atoms with E-state index in [1.54, 1.807) is 0 Å². The van der Waals surface area contributed by atoms with E-state index in [9.17, 15) is 0 Å². The van der Waals surface area contributed by atoms with Gasteiger partial charge in [0.15, 0.2) is 0 Å². The largest absolute Gasteiger partial charge is 0.311 e. The van der Waals surface area contributed by atoms with Gasteiger partial charge in [-0.05, 0) is 137 Å². The molecule has 60 heavy (non-hydrogen) atoms. The first-order valence-electron chi connectivity index (χ1n) is 22.1. The molecule has 0 saturated heterocycles. The Balaban J connectivity index is 1.48. The van der Waals surface area contributed by atoms with Crippen LogP contribution in [-0.4, -0.2) is 6.71 Å². The number of hydrogen-bond donors (Lipinski definition) is 0. The molecule has 0 atom stereocenters. The van der Waals surface area contributed by atoms with Gasteiger partial charge in [-0.2, -0.15) is 0 Å². The standard InChI is InChI=1S/C56H63BN2S/c1-52(2,3)34-20-25-38(26-21-34)58-43-30-36(54(7,8)9)24-29-42(43)57-49-44(58)31-37(55(10,11)12)32-45(49)59(39-27-22-35(23-28-39)53(4,5)6)46-33-41(56(13,14)15)51-48(50(46)57)40-18-16-17-19-47(40)60-51/h16-33H,1-15H3. The highest BCUT2D eigenvalue weighted by atomic mass is 32.1. The minimum atomic E-state index is -0.0948. The summed E-state index contributed by atoms with van der Waals surface area (Å²) in [6, 6.07) is 43.1. The molecule has 0 fully saturated rings. The SMILES string of the molecule is CC(C)(C)c1ccc(N2c3cc(C(C)(C)C)ccc3B3c4c2cc(C(C)(C)C)cc4N(c2ccc(C(C)(C)C)cc2)c2cc(C(C)(C)C)c4sc5ccccc5c4c23)cc1. The van der Waals surface area contributed by atoms with Crippen LogP contribution in [0.3, 0.4) is 0 Å². The van der Waals surface area contributed by atoms with Gasteiger partial charge in [0.2, 0.25) is 0 Å². The normalized spacial score (nSPS) is 14.5. The first-order chi connectivity index (χ1) is 27.9. The molecule has 9 rings (SSSR count). The van der Waals surface area contributed by atoms with Gasteiger partial charge in [-0.15, -0.1) is 11.3 Å². The highest BCUT2D eigenvalue weighted by molar-refractivity contribution is 7.26. The van der Waals surface area contributed by atoms with E-state index in [1.165, 1.54) is 98.5 Å². The summed E-state index contributed by atoms with van der Waals surface area (Å²) in [6.45, 7) is 35.2. The summed E-state index contributed by atoms with van der Waals surface area (Å²) in [5.74, 6) is 0. The molecule has 2 aliphatic heterocycles. The molecule has 3 heterocycles. The van der Waals surface area contributed by atoms with E-state index in [0.29, 0.717) is 0 Å². The van der Waals surface area contributed by atoms with Crippen molar-refractivity contribution in [3.05, 3.63) is 137 Å². The van der Waals surface area contributed by atoms with Gasteiger partial charge in [-0.25, -0.2) is 0 Å². The Morgan fingerprint density at radius 3 is 1.37 bits per heavy atom. The van der Waals surface area contributed by atoms with Crippen LogP contribution < -0.4 is 26.2 Å². The summed E-state index contributed by atoms with van der Waals surface area (Å²) in [4.78, 5) is 5.25. The Morgan fingerprint density at radius 1 is 0.417 bits per heavy atom. The predicted molar refractivity (Wildman–Crippen MR) is 267 cm³/mol. The van der Waals surface area contributed by atoms with Crippen molar-refractivity contribution >= 4 is 88.7 Å². The number of nitrogens with zero attached hydrogens (tertiary/aromatic N) is 2. The summed E-state index contributed by atoms with van der Waals surface area (Å²) < 4.78 is 2.76. The smallest absolute Gasteiger partial charge is 0.253 e. The molecular formula is C56H63BN2S. The lowest BCUT2D eigenvalue weighted by Crippen LogP contribution is -2.61. The highest BCUT2D eigenvalue weighted by Gasteiger charge is 2.46. The van der Waals surface area contributed by atoms with Crippen molar-refractivity contribution in [3.8, 4) is 0 Å². The Morgan fingerprint density at radius 2 is 0.867 bits per heavy atom. The monoisotopic (exact) mass is 806 g/mol. The number of benzene rings is 6. The average Bonchev–Trinajstić information content (AvgIpc) is 3.55. The van der Waals surface area contributed by atoms with Crippen LogP contribution >= 0.6 is 11.3 Å². The Kier molecular flexibility index (Phi) is 9.03. The molecule has 6 aromatic carbocycles. The van der Waals surface area contributed by atoms with E-state index >= 15 is 0 Å². The van der Waals surface area contributed by atoms with Crippen LogP contribution in [0.1, 0.15) is 132 Å². The maximum atomic E-state index is 2.64. The van der Waals surface area contributed by atoms with Crippen LogP contribution in [0.2, 0.25) is 0 Å². The van der Waals surface area contributed by atoms with Gasteiger partial charge in [0.25, 0.3) is 6.71 Å². The zero-order chi connectivity index (χ0) is 43.1. The van der Waals surface area contributed by atoms with Crippen LogP contribution in [0.5, 0.6) is 0 Å². The molecular weight excluding hydrogens is 744 g/mol. The van der Waals surface area contributed by atoms with E-state index in [4.69, 9.17) is 0 Å². The third-order valence-electron chi connectivity index (χ3n) is 13.2. The van der Waals surface area contributed by atoms with E-state index in [-0.39, 0.29) is 33.8 Å². The molecule has 1 aromatic heterocycles. The molecule has 0 amide bonds.